The molecule has 0 bridgehead atoms. The molecule has 0 radical (unpaired) electrons. The Balaban J connectivity index is 3.98. The maximum atomic E-state index is 12.9. The summed E-state index contributed by atoms with van der Waals surface area (Å²) in [6, 6.07) is 0. The fourth-order valence-corrected chi connectivity index (χ4v) is 1.29. The van der Waals surface area contributed by atoms with Gasteiger partial charge in [-0.3, -0.25) is 4.79 Å². The van der Waals surface area contributed by atoms with Gasteiger partial charge in [-0.15, -0.1) is 0 Å². The first-order chi connectivity index (χ1) is 8.11. The van der Waals surface area contributed by atoms with E-state index in [0.717, 1.165) is 0 Å². The van der Waals surface area contributed by atoms with Crippen LogP contribution < -0.4 is 0 Å². The van der Waals surface area contributed by atoms with Crippen LogP contribution in [0.3, 0.4) is 0 Å². The molecule has 2 N–H and O–H groups in total. The maximum Gasteiger partial charge on any atom is 0.404 e. The van der Waals surface area contributed by atoms with Gasteiger partial charge in [0.2, 0.25) is 0 Å². The second-order valence-corrected chi connectivity index (χ2v) is 3.89. The van der Waals surface area contributed by atoms with Gasteiger partial charge in [-0.1, -0.05) is 12.8 Å². The van der Waals surface area contributed by atoms with Gasteiger partial charge in [-0.25, -0.2) is 4.79 Å². The summed E-state index contributed by atoms with van der Waals surface area (Å²) in [5.41, 5.74) is 0. The number of hydrogen-bond acceptors (Lipinski definition) is 2. The van der Waals surface area contributed by atoms with Crippen molar-refractivity contribution in [3.8, 4) is 0 Å². The molecule has 8 heteroatoms. The molecule has 0 aliphatic carbocycles. The lowest BCUT2D eigenvalue weighted by molar-refractivity contribution is -0.226. The molecule has 106 valence electrons. The van der Waals surface area contributed by atoms with Crippen LogP contribution in [0.5, 0.6) is 0 Å². The largest absolute Gasteiger partial charge is 0.481 e. The zero-order valence-electron chi connectivity index (χ0n) is 9.47. The SMILES string of the molecule is O=C(O)CCCCCCC(F)(F)C(F)(F)C(=O)O. The molecule has 0 spiro atoms. The van der Waals surface area contributed by atoms with E-state index in [1.807, 2.05) is 0 Å². The highest BCUT2D eigenvalue weighted by Gasteiger charge is 2.61. The van der Waals surface area contributed by atoms with Crippen LogP contribution in [-0.4, -0.2) is 34.0 Å². The highest BCUT2D eigenvalue weighted by Crippen LogP contribution is 2.38. The van der Waals surface area contributed by atoms with Crippen LogP contribution in [0.1, 0.15) is 38.5 Å². The van der Waals surface area contributed by atoms with E-state index in [1.165, 1.54) is 0 Å². The second-order valence-electron chi connectivity index (χ2n) is 3.89. The van der Waals surface area contributed by atoms with Gasteiger partial charge in [-0.2, -0.15) is 17.6 Å². The molecule has 0 amide bonds. The second kappa shape index (κ2) is 6.55. The summed E-state index contributed by atoms with van der Waals surface area (Å²) in [6.07, 6.45) is -0.883. The summed E-state index contributed by atoms with van der Waals surface area (Å²) in [5, 5.41) is 16.3. The molecule has 0 aromatic carbocycles. The standard InChI is InChI=1S/C10H14F4O4/c11-9(12,10(13,14)8(17)18)6-4-2-1-3-5-7(15)16/h1-6H2,(H,15,16)(H,17,18). The van der Waals surface area contributed by atoms with E-state index < -0.39 is 30.2 Å². The van der Waals surface area contributed by atoms with Gasteiger partial charge in [0.25, 0.3) is 0 Å². The lowest BCUT2D eigenvalue weighted by atomic mass is 10.0. The Morgan fingerprint density at radius 2 is 1.39 bits per heavy atom. The molecule has 0 fully saturated rings. The van der Waals surface area contributed by atoms with Crippen LogP contribution in [0.25, 0.3) is 0 Å². The van der Waals surface area contributed by atoms with Crippen LogP contribution in [0, 0.1) is 0 Å². The third kappa shape index (κ3) is 4.89. The van der Waals surface area contributed by atoms with Crippen molar-refractivity contribution in [3.63, 3.8) is 0 Å². The van der Waals surface area contributed by atoms with Gasteiger partial charge >= 0.3 is 23.8 Å². The molecule has 0 aliphatic rings. The number of rotatable bonds is 9. The predicted molar refractivity (Wildman–Crippen MR) is 52.9 cm³/mol. The summed E-state index contributed by atoms with van der Waals surface area (Å²) in [6.45, 7) is 0. The van der Waals surface area contributed by atoms with Crippen molar-refractivity contribution in [1.29, 1.82) is 0 Å². The van der Waals surface area contributed by atoms with E-state index >= 15 is 0 Å². The van der Waals surface area contributed by atoms with E-state index in [2.05, 4.69) is 0 Å². The quantitative estimate of drug-likeness (QED) is 0.501. The van der Waals surface area contributed by atoms with Crippen molar-refractivity contribution in [1.82, 2.24) is 0 Å². The molecular formula is C10H14F4O4. The summed E-state index contributed by atoms with van der Waals surface area (Å²) >= 11 is 0. The van der Waals surface area contributed by atoms with Crippen LogP contribution in [-0.2, 0) is 9.59 Å². The number of unbranched alkanes of at least 4 members (excludes halogenated alkanes) is 3. The average Bonchev–Trinajstić information content (AvgIpc) is 2.22. The first-order valence-corrected chi connectivity index (χ1v) is 5.32. The minimum Gasteiger partial charge on any atom is -0.481 e. The smallest absolute Gasteiger partial charge is 0.404 e. The summed E-state index contributed by atoms with van der Waals surface area (Å²) in [7, 11) is 0. The van der Waals surface area contributed by atoms with Gasteiger partial charge in [0, 0.05) is 12.8 Å². The summed E-state index contributed by atoms with van der Waals surface area (Å²) in [5.74, 6) is -13.5. The van der Waals surface area contributed by atoms with E-state index in [-0.39, 0.29) is 25.7 Å². The Morgan fingerprint density at radius 1 is 0.889 bits per heavy atom. The highest BCUT2D eigenvalue weighted by atomic mass is 19.3. The van der Waals surface area contributed by atoms with E-state index in [1.54, 1.807) is 0 Å². The fraction of sp³-hybridized carbons (Fsp3) is 0.800. The van der Waals surface area contributed by atoms with E-state index in [4.69, 9.17) is 10.2 Å². The Labute approximate surface area is 101 Å². The minimum atomic E-state index is -5.08. The molecule has 0 aromatic rings. The first-order valence-electron chi connectivity index (χ1n) is 5.32. The molecular weight excluding hydrogens is 260 g/mol. The van der Waals surface area contributed by atoms with Gasteiger partial charge in [-0.05, 0) is 12.8 Å². The highest BCUT2D eigenvalue weighted by molar-refractivity contribution is 5.76. The molecule has 0 saturated carbocycles. The third-order valence-electron chi connectivity index (χ3n) is 2.36. The number of aliphatic carboxylic acids is 2. The normalized spacial score (nSPS) is 12.4. The minimum absolute atomic E-state index is 0.109. The molecule has 0 unspecified atom stereocenters. The Kier molecular flexibility index (Phi) is 6.07. The van der Waals surface area contributed by atoms with Crippen LogP contribution in [0.4, 0.5) is 17.6 Å². The summed E-state index contributed by atoms with van der Waals surface area (Å²) in [4.78, 5) is 20.1. The van der Waals surface area contributed by atoms with Crippen LogP contribution in [0.15, 0.2) is 0 Å². The van der Waals surface area contributed by atoms with Gasteiger partial charge < -0.3 is 10.2 Å². The molecule has 4 nitrogen and oxygen atoms in total. The van der Waals surface area contributed by atoms with Crippen LogP contribution in [0.2, 0.25) is 0 Å². The fourth-order valence-electron chi connectivity index (χ4n) is 1.29. The summed E-state index contributed by atoms with van der Waals surface area (Å²) < 4.78 is 50.9. The lowest BCUT2D eigenvalue weighted by Gasteiger charge is -2.22. The van der Waals surface area contributed by atoms with E-state index in [9.17, 15) is 27.2 Å². The number of carboxylic acids is 2. The van der Waals surface area contributed by atoms with Crippen molar-refractivity contribution in [2.45, 2.75) is 50.4 Å². The molecule has 0 saturated heterocycles. The number of carbonyl (C=O) groups is 2. The van der Waals surface area contributed by atoms with Crippen molar-refractivity contribution < 1.29 is 37.4 Å². The number of carboxylic acid groups (broad SMARTS) is 2. The Bertz CT molecular complexity index is 304. The third-order valence-corrected chi connectivity index (χ3v) is 2.36. The van der Waals surface area contributed by atoms with Crippen molar-refractivity contribution in [2.24, 2.45) is 0 Å². The van der Waals surface area contributed by atoms with Crippen molar-refractivity contribution in [3.05, 3.63) is 0 Å². The number of alkyl halides is 4. The van der Waals surface area contributed by atoms with Crippen molar-refractivity contribution >= 4 is 11.9 Å². The van der Waals surface area contributed by atoms with Gasteiger partial charge in [0.05, 0.1) is 0 Å². The number of hydrogen-bond donors (Lipinski definition) is 2. The monoisotopic (exact) mass is 274 g/mol. The van der Waals surface area contributed by atoms with Crippen LogP contribution >= 0.6 is 0 Å². The zero-order chi connectivity index (χ0) is 14.4. The molecule has 18 heavy (non-hydrogen) atoms. The zero-order valence-corrected chi connectivity index (χ0v) is 9.47. The predicted octanol–water partition coefficient (Wildman–Crippen LogP) is 2.77. The van der Waals surface area contributed by atoms with Crippen molar-refractivity contribution in [2.75, 3.05) is 0 Å². The lowest BCUT2D eigenvalue weighted by Crippen LogP contribution is -2.47. The molecule has 0 rings (SSSR count). The number of halogens is 4. The Hall–Kier alpha value is -1.34. The molecule has 0 aliphatic heterocycles. The first kappa shape index (κ1) is 16.7. The maximum absolute atomic E-state index is 12.9. The molecule has 0 atom stereocenters. The topological polar surface area (TPSA) is 74.6 Å². The van der Waals surface area contributed by atoms with E-state index in [0.29, 0.717) is 6.42 Å². The molecule has 0 heterocycles. The van der Waals surface area contributed by atoms with Gasteiger partial charge in [0.1, 0.15) is 0 Å². The van der Waals surface area contributed by atoms with Gasteiger partial charge in [0.15, 0.2) is 0 Å². The molecule has 0 aromatic heterocycles. The Morgan fingerprint density at radius 3 is 1.83 bits per heavy atom. The average molecular weight is 274 g/mol.